The van der Waals surface area contributed by atoms with Crippen LogP contribution in [0.5, 0.6) is 0 Å². The fourth-order valence-corrected chi connectivity index (χ4v) is 4.09. The fraction of sp³-hybridized carbons (Fsp3) is 0.500. The summed E-state index contributed by atoms with van der Waals surface area (Å²) in [6.45, 7) is 8.50. The van der Waals surface area contributed by atoms with E-state index in [9.17, 15) is 0 Å². The van der Waals surface area contributed by atoms with Crippen molar-refractivity contribution in [3.05, 3.63) is 38.8 Å². The Balaban J connectivity index is 0.00000225. The van der Waals surface area contributed by atoms with Gasteiger partial charge in [-0.05, 0) is 35.0 Å². The van der Waals surface area contributed by atoms with Crippen LogP contribution in [0.4, 0.5) is 0 Å². The average Bonchev–Trinajstić information content (AvgIpc) is 3.24. The van der Waals surface area contributed by atoms with E-state index in [4.69, 9.17) is 9.52 Å². The average molecular weight is 540 g/mol. The summed E-state index contributed by atoms with van der Waals surface area (Å²) in [7, 11) is 0. The Morgan fingerprint density at radius 2 is 2.12 bits per heavy atom. The number of rotatable bonds is 5. The largest absolute Gasteiger partial charge is 0.364 e. The Labute approximate surface area is 177 Å². The molecular weight excluding hydrogens is 517 g/mol. The van der Waals surface area contributed by atoms with Crippen LogP contribution in [0.2, 0.25) is 0 Å². The van der Waals surface area contributed by atoms with Gasteiger partial charge >= 0.3 is 0 Å². The number of piperazine rings is 1. The highest BCUT2D eigenvalue weighted by atomic mass is 127. The van der Waals surface area contributed by atoms with Crippen LogP contribution in [0.25, 0.3) is 0 Å². The minimum absolute atomic E-state index is 0. The summed E-state index contributed by atoms with van der Waals surface area (Å²) in [6.07, 6.45) is 1.63. The number of aromatic nitrogens is 1. The Hall–Kier alpha value is -0.650. The number of nitrogens with one attached hydrogen (secondary N) is 1. The number of guanidine groups is 1. The maximum absolute atomic E-state index is 4.90. The number of nitrogens with zero attached hydrogens (tertiary/aromatic N) is 4. The molecule has 138 valence electrons. The van der Waals surface area contributed by atoms with E-state index in [-0.39, 0.29) is 24.0 Å². The molecule has 1 fully saturated rings. The molecule has 1 aliphatic heterocycles. The molecule has 0 amide bonds. The van der Waals surface area contributed by atoms with E-state index in [1.54, 1.807) is 17.6 Å². The number of thiophene rings is 1. The minimum atomic E-state index is 0. The molecule has 6 nitrogen and oxygen atoms in total. The minimum Gasteiger partial charge on any atom is -0.364 e. The number of hydrogen-bond acceptors (Lipinski definition) is 5. The normalized spacial score (nSPS) is 15.9. The van der Waals surface area contributed by atoms with Gasteiger partial charge in [-0.15, -0.1) is 35.3 Å². The van der Waals surface area contributed by atoms with Gasteiger partial charge in [0, 0.05) is 50.2 Å². The maximum atomic E-state index is 4.90. The van der Waals surface area contributed by atoms with E-state index in [1.807, 2.05) is 6.07 Å². The van der Waals surface area contributed by atoms with E-state index < -0.39 is 0 Å². The van der Waals surface area contributed by atoms with Crippen molar-refractivity contribution in [2.45, 2.75) is 20.0 Å². The van der Waals surface area contributed by atoms with Crippen molar-refractivity contribution in [3.8, 4) is 0 Å². The van der Waals surface area contributed by atoms with Gasteiger partial charge in [-0.3, -0.25) is 4.90 Å². The molecule has 0 spiro atoms. The lowest BCUT2D eigenvalue weighted by molar-refractivity contribution is 0.169. The van der Waals surface area contributed by atoms with Gasteiger partial charge in [-0.2, -0.15) is 0 Å². The van der Waals surface area contributed by atoms with Crippen LogP contribution in [0.1, 0.15) is 17.5 Å². The molecule has 3 rings (SSSR count). The zero-order chi connectivity index (χ0) is 16.8. The second-order valence-corrected chi connectivity index (χ2v) is 8.18. The van der Waals surface area contributed by atoms with Crippen LogP contribution in [0, 0.1) is 0 Å². The zero-order valence-electron chi connectivity index (χ0n) is 14.2. The fourth-order valence-electron chi connectivity index (χ4n) is 2.68. The standard InChI is InChI=1S/C16H22BrN5OS.HI/c1-2-18-16(19-11-14-3-4-15(17)24-14)22-8-6-21(7-9-22)12-13-5-10-23-20-13;/h3-5,10H,2,6-9,11-12H2,1H3,(H,18,19);1H. The van der Waals surface area contributed by atoms with Crippen molar-refractivity contribution in [2.75, 3.05) is 32.7 Å². The van der Waals surface area contributed by atoms with Crippen LogP contribution >= 0.6 is 51.2 Å². The van der Waals surface area contributed by atoms with Crippen LogP contribution in [0.3, 0.4) is 0 Å². The maximum Gasteiger partial charge on any atom is 0.194 e. The molecular formula is C16H23BrIN5OS. The highest BCUT2D eigenvalue weighted by molar-refractivity contribution is 14.0. The summed E-state index contributed by atoms with van der Waals surface area (Å²) >= 11 is 5.24. The summed E-state index contributed by atoms with van der Waals surface area (Å²) in [6, 6.07) is 6.12. The van der Waals surface area contributed by atoms with Gasteiger partial charge in [0.15, 0.2) is 5.96 Å². The number of aliphatic imine (C=N–C) groups is 1. The molecule has 0 saturated carbocycles. The van der Waals surface area contributed by atoms with Crippen molar-refractivity contribution in [1.29, 1.82) is 0 Å². The third-order valence-electron chi connectivity index (χ3n) is 3.90. The van der Waals surface area contributed by atoms with Crippen LogP contribution < -0.4 is 5.32 Å². The van der Waals surface area contributed by atoms with Crippen LogP contribution in [-0.2, 0) is 13.1 Å². The summed E-state index contributed by atoms with van der Waals surface area (Å²) in [4.78, 5) is 10.8. The summed E-state index contributed by atoms with van der Waals surface area (Å²) in [5, 5.41) is 7.40. The molecule has 3 heterocycles. The van der Waals surface area contributed by atoms with Gasteiger partial charge in [0.1, 0.15) is 6.26 Å². The third-order valence-corrected chi connectivity index (χ3v) is 5.51. The molecule has 0 aliphatic carbocycles. The Kier molecular flexibility index (Phi) is 8.67. The van der Waals surface area contributed by atoms with Crippen LogP contribution in [-0.4, -0.2) is 53.6 Å². The van der Waals surface area contributed by atoms with Crippen molar-refractivity contribution >= 4 is 57.2 Å². The molecule has 0 bridgehead atoms. The van der Waals surface area contributed by atoms with E-state index in [0.29, 0.717) is 0 Å². The van der Waals surface area contributed by atoms with Crippen LogP contribution in [0.15, 0.2) is 37.8 Å². The van der Waals surface area contributed by atoms with Gasteiger partial charge < -0.3 is 14.7 Å². The highest BCUT2D eigenvalue weighted by Gasteiger charge is 2.20. The number of halogens is 2. The second-order valence-electron chi connectivity index (χ2n) is 5.63. The zero-order valence-corrected chi connectivity index (χ0v) is 18.9. The molecule has 9 heteroatoms. The van der Waals surface area contributed by atoms with E-state index >= 15 is 0 Å². The molecule has 1 N–H and O–H groups in total. The molecule has 2 aromatic rings. The quantitative estimate of drug-likeness (QED) is 0.358. The highest BCUT2D eigenvalue weighted by Crippen LogP contribution is 2.22. The lowest BCUT2D eigenvalue weighted by Gasteiger charge is -2.36. The first-order chi connectivity index (χ1) is 11.7. The second kappa shape index (κ2) is 10.5. The van der Waals surface area contributed by atoms with Crippen molar-refractivity contribution in [3.63, 3.8) is 0 Å². The molecule has 1 saturated heterocycles. The van der Waals surface area contributed by atoms with Crippen molar-refractivity contribution < 1.29 is 4.52 Å². The molecule has 2 aromatic heterocycles. The predicted octanol–water partition coefficient (Wildman–Crippen LogP) is 3.40. The molecule has 0 unspecified atom stereocenters. The Bertz CT molecular complexity index is 655. The van der Waals surface area contributed by atoms with Gasteiger partial charge in [0.05, 0.1) is 16.0 Å². The predicted molar refractivity (Wildman–Crippen MR) is 116 cm³/mol. The first kappa shape index (κ1) is 20.7. The first-order valence-electron chi connectivity index (χ1n) is 8.13. The molecule has 0 aromatic carbocycles. The van der Waals surface area contributed by atoms with E-state index in [1.165, 1.54) is 4.88 Å². The summed E-state index contributed by atoms with van der Waals surface area (Å²) < 4.78 is 6.06. The summed E-state index contributed by atoms with van der Waals surface area (Å²) in [5.74, 6) is 1.00. The van der Waals surface area contributed by atoms with Gasteiger partial charge in [-0.25, -0.2) is 4.99 Å². The number of hydrogen-bond donors (Lipinski definition) is 1. The van der Waals surface area contributed by atoms with Gasteiger partial charge in [0.25, 0.3) is 0 Å². The summed E-state index contributed by atoms with van der Waals surface area (Å²) in [5.41, 5.74) is 0.993. The lowest BCUT2D eigenvalue weighted by atomic mass is 10.3. The van der Waals surface area contributed by atoms with Crippen molar-refractivity contribution in [1.82, 2.24) is 20.3 Å². The first-order valence-corrected chi connectivity index (χ1v) is 9.74. The molecule has 0 radical (unpaired) electrons. The lowest BCUT2D eigenvalue weighted by Crippen LogP contribution is -2.52. The van der Waals surface area contributed by atoms with Gasteiger partial charge in [-0.1, -0.05) is 5.16 Å². The molecule has 1 aliphatic rings. The topological polar surface area (TPSA) is 56.9 Å². The van der Waals surface area contributed by atoms with Gasteiger partial charge in [0.2, 0.25) is 0 Å². The third kappa shape index (κ3) is 6.22. The Morgan fingerprint density at radius 1 is 1.32 bits per heavy atom. The smallest absolute Gasteiger partial charge is 0.194 e. The molecule has 0 atom stereocenters. The monoisotopic (exact) mass is 539 g/mol. The van der Waals surface area contributed by atoms with Crippen molar-refractivity contribution in [2.24, 2.45) is 4.99 Å². The SMILES string of the molecule is CCNC(=NCc1ccc(Br)s1)N1CCN(Cc2ccon2)CC1.I. The molecule has 25 heavy (non-hydrogen) atoms. The Morgan fingerprint density at radius 3 is 2.72 bits per heavy atom. The van der Waals surface area contributed by atoms with E-state index in [2.05, 4.69) is 55.3 Å². The van der Waals surface area contributed by atoms with E-state index in [0.717, 1.165) is 61.3 Å².